The largest absolute Gasteiger partial charge is 0.492 e. The van der Waals surface area contributed by atoms with E-state index in [1.807, 2.05) is 23.5 Å². The molecule has 1 heterocycles. The average molecular weight is 402 g/mol. The minimum atomic E-state index is -1.23. The molecule has 1 aromatic heterocycles. The molecule has 0 radical (unpaired) electrons. The first-order valence-electron chi connectivity index (χ1n) is 8.96. The van der Waals surface area contributed by atoms with Gasteiger partial charge in [-0.2, -0.15) is 5.10 Å². The highest BCUT2D eigenvalue weighted by Crippen LogP contribution is 2.08. The van der Waals surface area contributed by atoms with E-state index in [2.05, 4.69) is 10.4 Å². The number of imide groups is 1. The molecule has 10 nitrogen and oxygen atoms in total. The molecule has 0 saturated heterocycles. The molecule has 3 amide bonds. The number of hydrogen-bond donors (Lipinski definition) is 2. The molecule has 1 atom stereocenters. The van der Waals surface area contributed by atoms with Crippen LogP contribution in [-0.4, -0.2) is 46.9 Å². The Kier molecular flexibility index (Phi) is 7.89. The first kappa shape index (κ1) is 21.6. The Balaban J connectivity index is 1.94. The van der Waals surface area contributed by atoms with Gasteiger partial charge in [-0.25, -0.2) is 14.3 Å². The number of para-hydroxylation sites is 1. The van der Waals surface area contributed by atoms with Crippen LogP contribution in [0.4, 0.5) is 4.79 Å². The van der Waals surface area contributed by atoms with Crippen molar-refractivity contribution in [2.75, 3.05) is 13.2 Å². The lowest BCUT2D eigenvalue weighted by atomic mass is 10.3. The third kappa shape index (κ3) is 6.76. The Bertz CT molecular complexity index is 912. The van der Waals surface area contributed by atoms with Gasteiger partial charge >= 0.3 is 12.0 Å². The molecule has 0 saturated carbocycles. The van der Waals surface area contributed by atoms with Crippen LogP contribution in [0.3, 0.4) is 0 Å². The molecule has 1 aromatic carbocycles. The van der Waals surface area contributed by atoms with Crippen molar-refractivity contribution in [1.29, 1.82) is 0 Å². The summed E-state index contributed by atoms with van der Waals surface area (Å²) in [4.78, 5) is 47.4. The summed E-state index contributed by atoms with van der Waals surface area (Å²) < 4.78 is 11.6. The molecular weight excluding hydrogens is 380 g/mol. The Labute approximate surface area is 166 Å². The number of nitrogens with one attached hydrogen (secondary N) is 2. The Morgan fingerprint density at radius 1 is 1.14 bits per heavy atom. The normalized spacial score (nSPS) is 11.2. The predicted molar refractivity (Wildman–Crippen MR) is 103 cm³/mol. The highest BCUT2D eigenvalue weighted by molar-refractivity contribution is 5.98. The van der Waals surface area contributed by atoms with E-state index in [4.69, 9.17) is 9.47 Å². The smallest absolute Gasteiger partial charge is 0.359 e. The van der Waals surface area contributed by atoms with E-state index in [0.717, 1.165) is 4.68 Å². The summed E-state index contributed by atoms with van der Waals surface area (Å²) in [6, 6.07) is 10.7. The van der Waals surface area contributed by atoms with Gasteiger partial charge in [-0.15, -0.1) is 0 Å². The summed E-state index contributed by atoms with van der Waals surface area (Å²) in [6.07, 6.45) is -1.23. The number of carbonyl (C=O) groups excluding carboxylic acids is 3. The van der Waals surface area contributed by atoms with Crippen molar-refractivity contribution in [3.05, 3.63) is 58.5 Å². The maximum absolute atomic E-state index is 12.2. The van der Waals surface area contributed by atoms with Crippen molar-refractivity contribution in [2.45, 2.75) is 26.5 Å². The van der Waals surface area contributed by atoms with E-state index in [1.165, 1.54) is 19.1 Å². The fraction of sp³-hybridized carbons (Fsp3) is 0.316. The second-order valence-corrected chi connectivity index (χ2v) is 5.84. The van der Waals surface area contributed by atoms with Gasteiger partial charge in [0.2, 0.25) is 0 Å². The lowest BCUT2D eigenvalue weighted by molar-refractivity contribution is -0.127. The van der Waals surface area contributed by atoms with Crippen molar-refractivity contribution in [3.63, 3.8) is 0 Å². The van der Waals surface area contributed by atoms with Gasteiger partial charge in [-0.1, -0.05) is 18.2 Å². The number of hydrogen-bond acceptors (Lipinski definition) is 7. The number of amides is 3. The number of ether oxygens (including phenoxy) is 2. The zero-order valence-electron chi connectivity index (χ0n) is 16.1. The van der Waals surface area contributed by atoms with Crippen LogP contribution in [0.25, 0.3) is 0 Å². The van der Waals surface area contributed by atoms with Crippen LogP contribution < -0.4 is 20.9 Å². The molecule has 10 heteroatoms. The van der Waals surface area contributed by atoms with Crippen molar-refractivity contribution in [3.8, 4) is 5.75 Å². The van der Waals surface area contributed by atoms with Crippen LogP contribution in [-0.2, 0) is 16.1 Å². The van der Waals surface area contributed by atoms with Crippen molar-refractivity contribution in [1.82, 2.24) is 20.4 Å². The van der Waals surface area contributed by atoms with Crippen LogP contribution >= 0.6 is 0 Å². The van der Waals surface area contributed by atoms with E-state index in [0.29, 0.717) is 12.3 Å². The Morgan fingerprint density at radius 3 is 2.55 bits per heavy atom. The highest BCUT2D eigenvalue weighted by atomic mass is 16.5. The summed E-state index contributed by atoms with van der Waals surface area (Å²) in [5, 5.41) is 8.38. The number of aromatic nitrogens is 2. The summed E-state index contributed by atoms with van der Waals surface area (Å²) in [7, 11) is 0. The zero-order chi connectivity index (χ0) is 21.2. The SMILES string of the molecule is CCNC(=O)NC(=O)C(C)OC(=O)c1ccc(=O)n(CCOc2ccccc2)n1. The summed E-state index contributed by atoms with van der Waals surface area (Å²) in [5.41, 5.74) is -0.567. The molecule has 1 unspecified atom stereocenters. The van der Waals surface area contributed by atoms with Crippen LogP contribution in [0.1, 0.15) is 24.3 Å². The maximum Gasteiger partial charge on any atom is 0.359 e. The number of urea groups is 1. The summed E-state index contributed by atoms with van der Waals surface area (Å²) in [6.45, 7) is 3.63. The molecule has 0 bridgehead atoms. The number of benzene rings is 1. The molecule has 29 heavy (non-hydrogen) atoms. The van der Waals surface area contributed by atoms with Gasteiger partial charge in [0.25, 0.3) is 11.5 Å². The van der Waals surface area contributed by atoms with Gasteiger partial charge in [0.05, 0.1) is 6.54 Å². The lowest BCUT2D eigenvalue weighted by Crippen LogP contribution is -2.44. The van der Waals surface area contributed by atoms with E-state index in [9.17, 15) is 19.2 Å². The second kappa shape index (κ2) is 10.6. The molecule has 0 fully saturated rings. The number of carbonyl (C=O) groups is 3. The summed E-state index contributed by atoms with van der Waals surface area (Å²) >= 11 is 0. The topological polar surface area (TPSA) is 129 Å². The molecule has 2 aromatic rings. The van der Waals surface area contributed by atoms with Gasteiger partial charge in [0, 0.05) is 12.6 Å². The molecule has 0 aliphatic rings. The molecule has 0 aliphatic heterocycles. The van der Waals surface area contributed by atoms with Gasteiger partial charge < -0.3 is 14.8 Å². The first-order chi connectivity index (χ1) is 13.9. The van der Waals surface area contributed by atoms with Gasteiger partial charge in [-0.05, 0) is 32.0 Å². The van der Waals surface area contributed by atoms with E-state index < -0.39 is 29.6 Å². The number of nitrogens with zero attached hydrogens (tertiary/aromatic N) is 2. The minimum absolute atomic E-state index is 0.113. The third-order valence-corrected chi connectivity index (χ3v) is 3.62. The second-order valence-electron chi connectivity index (χ2n) is 5.84. The Morgan fingerprint density at radius 2 is 1.86 bits per heavy atom. The molecule has 2 N–H and O–H groups in total. The minimum Gasteiger partial charge on any atom is -0.492 e. The maximum atomic E-state index is 12.2. The van der Waals surface area contributed by atoms with Crippen LogP contribution in [0.2, 0.25) is 0 Å². The summed E-state index contributed by atoms with van der Waals surface area (Å²) in [5.74, 6) is -1.04. The molecule has 0 spiro atoms. The quantitative estimate of drug-likeness (QED) is 0.622. The van der Waals surface area contributed by atoms with Crippen molar-refractivity contribution < 1.29 is 23.9 Å². The average Bonchev–Trinajstić information content (AvgIpc) is 2.70. The van der Waals surface area contributed by atoms with Crippen LogP contribution in [0.15, 0.2) is 47.3 Å². The number of rotatable bonds is 8. The first-order valence-corrected chi connectivity index (χ1v) is 8.96. The molecule has 154 valence electrons. The van der Waals surface area contributed by atoms with Crippen LogP contribution in [0, 0.1) is 0 Å². The third-order valence-electron chi connectivity index (χ3n) is 3.62. The fourth-order valence-electron chi connectivity index (χ4n) is 2.18. The van der Waals surface area contributed by atoms with Gasteiger partial charge in [0.15, 0.2) is 11.8 Å². The Hall–Kier alpha value is -3.69. The number of esters is 1. The van der Waals surface area contributed by atoms with Crippen molar-refractivity contribution in [2.24, 2.45) is 0 Å². The lowest BCUT2D eigenvalue weighted by Gasteiger charge is -2.13. The zero-order valence-corrected chi connectivity index (χ0v) is 16.1. The van der Waals surface area contributed by atoms with Gasteiger partial charge in [0.1, 0.15) is 12.4 Å². The van der Waals surface area contributed by atoms with E-state index in [-0.39, 0.29) is 18.8 Å². The van der Waals surface area contributed by atoms with Gasteiger partial charge in [-0.3, -0.25) is 14.9 Å². The molecule has 0 aliphatic carbocycles. The highest BCUT2D eigenvalue weighted by Gasteiger charge is 2.21. The van der Waals surface area contributed by atoms with E-state index >= 15 is 0 Å². The van der Waals surface area contributed by atoms with E-state index in [1.54, 1.807) is 19.1 Å². The van der Waals surface area contributed by atoms with Crippen LogP contribution in [0.5, 0.6) is 5.75 Å². The standard InChI is InChI=1S/C19H22N4O6/c1-3-20-19(27)21-17(25)13(2)29-18(26)15-9-10-16(24)23(22-15)11-12-28-14-7-5-4-6-8-14/h4-10,13H,3,11-12H2,1-2H3,(H2,20,21,25,27). The molecular formula is C19H22N4O6. The molecule has 2 rings (SSSR count). The van der Waals surface area contributed by atoms with Crippen molar-refractivity contribution >= 4 is 17.9 Å². The predicted octanol–water partition coefficient (Wildman–Crippen LogP) is 0.713. The monoisotopic (exact) mass is 402 g/mol. The fourth-order valence-corrected chi connectivity index (χ4v) is 2.18.